The van der Waals surface area contributed by atoms with Gasteiger partial charge in [0.2, 0.25) is 0 Å². The van der Waals surface area contributed by atoms with Gasteiger partial charge < -0.3 is 0 Å². The molecule has 0 bridgehead atoms. The van der Waals surface area contributed by atoms with Gasteiger partial charge in [-0.15, -0.1) is 11.3 Å². The number of thiocyanates is 1. The summed E-state index contributed by atoms with van der Waals surface area (Å²) in [6.45, 7) is 0. The Labute approximate surface area is 56.0 Å². The number of hydrogen-bond acceptors (Lipinski definition) is 3. The van der Waals surface area contributed by atoms with Crippen LogP contribution in [0.5, 0.6) is 0 Å². The van der Waals surface area contributed by atoms with Gasteiger partial charge in [-0.3, -0.25) is 0 Å². The van der Waals surface area contributed by atoms with Crippen LogP contribution >= 0.6 is 23.1 Å². The molecule has 1 aromatic heterocycles. The standard InChI is InChI=1S/C5H3NS2/c6-4-8-5-2-1-3-7-5/h1-3H. The lowest BCUT2D eigenvalue weighted by Crippen LogP contribution is -1.46. The Morgan fingerprint density at radius 1 is 1.75 bits per heavy atom. The number of rotatable bonds is 1. The molecule has 1 heterocycles. The van der Waals surface area contributed by atoms with Crippen molar-refractivity contribution in [2.24, 2.45) is 0 Å². The Balaban J connectivity index is 2.67. The summed E-state index contributed by atoms with van der Waals surface area (Å²) in [5.74, 6) is 0. The molecule has 0 aliphatic rings. The van der Waals surface area contributed by atoms with Crippen LogP contribution in [0.3, 0.4) is 0 Å². The highest BCUT2D eigenvalue weighted by atomic mass is 32.2. The predicted molar refractivity (Wildman–Crippen MR) is 35.8 cm³/mol. The van der Waals surface area contributed by atoms with Crippen LogP contribution in [0.2, 0.25) is 0 Å². The molecule has 0 atom stereocenters. The van der Waals surface area contributed by atoms with Gasteiger partial charge in [0.25, 0.3) is 0 Å². The summed E-state index contributed by atoms with van der Waals surface area (Å²) < 4.78 is 1.06. The highest BCUT2D eigenvalue weighted by Crippen LogP contribution is 2.21. The zero-order valence-electron chi connectivity index (χ0n) is 4.00. The van der Waals surface area contributed by atoms with Crippen LogP contribution in [0.1, 0.15) is 0 Å². The zero-order valence-corrected chi connectivity index (χ0v) is 5.63. The third-order valence-electron chi connectivity index (χ3n) is 0.641. The van der Waals surface area contributed by atoms with Gasteiger partial charge >= 0.3 is 0 Å². The van der Waals surface area contributed by atoms with Crippen molar-refractivity contribution in [1.29, 1.82) is 5.26 Å². The molecule has 0 fully saturated rings. The second-order valence-corrected chi connectivity index (χ2v) is 3.16. The summed E-state index contributed by atoms with van der Waals surface area (Å²) in [5, 5.41) is 12.1. The van der Waals surface area contributed by atoms with E-state index in [2.05, 4.69) is 0 Å². The van der Waals surface area contributed by atoms with Gasteiger partial charge in [-0.25, -0.2) is 0 Å². The Bertz CT molecular complexity index is 185. The number of thioether (sulfide) groups is 1. The van der Waals surface area contributed by atoms with Gasteiger partial charge in [0.1, 0.15) is 5.40 Å². The van der Waals surface area contributed by atoms with E-state index in [4.69, 9.17) is 5.26 Å². The predicted octanol–water partition coefficient (Wildman–Crippen LogP) is 2.32. The van der Waals surface area contributed by atoms with Gasteiger partial charge in [0.15, 0.2) is 0 Å². The molecule has 8 heavy (non-hydrogen) atoms. The topological polar surface area (TPSA) is 23.8 Å². The van der Waals surface area contributed by atoms with Crippen molar-refractivity contribution in [2.45, 2.75) is 4.21 Å². The maximum absolute atomic E-state index is 8.16. The number of nitrogens with zero attached hydrogens (tertiary/aromatic N) is 1. The van der Waals surface area contributed by atoms with E-state index in [1.165, 1.54) is 11.8 Å². The zero-order chi connectivity index (χ0) is 5.82. The molecule has 0 unspecified atom stereocenters. The molecular formula is C5H3NS2. The van der Waals surface area contributed by atoms with E-state index < -0.39 is 0 Å². The monoisotopic (exact) mass is 141 g/mol. The molecule has 40 valence electrons. The number of hydrogen-bond donors (Lipinski definition) is 0. The Morgan fingerprint density at radius 2 is 2.62 bits per heavy atom. The van der Waals surface area contributed by atoms with Crippen LogP contribution in [0.15, 0.2) is 21.7 Å². The lowest BCUT2D eigenvalue weighted by Gasteiger charge is -1.75. The first kappa shape index (κ1) is 5.67. The highest BCUT2D eigenvalue weighted by molar-refractivity contribution is 8.05. The minimum Gasteiger partial charge on any atom is -0.185 e. The molecule has 0 N–H and O–H groups in total. The summed E-state index contributed by atoms with van der Waals surface area (Å²) >= 11 is 2.79. The van der Waals surface area contributed by atoms with Gasteiger partial charge in [0, 0.05) is 11.8 Å². The Kier molecular flexibility index (Phi) is 1.95. The second kappa shape index (κ2) is 2.75. The quantitative estimate of drug-likeness (QED) is 0.442. The van der Waals surface area contributed by atoms with Crippen LogP contribution in [0, 0.1) is 10.7 Å². The molecule has 0 saturated carbocycles. The SMILES string of the molecule is N#CSc1cccs1. The normalized spacial score (nSPS) is 8.38. The minimum absolute atomic E-state index is 1.06. The summed E-state index contributed by atoms with van der Waals surface area (Å²) in [4.78, 5) is 0. The van der Waals surface area contributed by atoms with E-state index in [9.17, 15) is 0 Å². The van der Waals surface area contributed by atoms with E-state index in [-0.39, 0.29) is 0 Å². The molecule has 0 spiro atoms. The molecule has 0 saturated heterocycles. The van der Waals surface area contributed by atoms with E-state index in [0.717, 1.165) is 4.21 Å². The summed E-state index contributed by atoms with van der Waals surface area (Å²) in [6, 6.07) is 3.86. The Morgan fingerprint density at radius 3 is 3.12 bits per heavy atom. The third kappa shape index (κ3) is 1.25. The molecule has 0 amide bonds. The van der Waals surface area contributed by atoms with E-state index >= 15 is 0 Å². The second-order valence-electron chi connectivity index (χ2n) is 1.13. The van der Waals surface area contributed by atoms with Gasteiger partial charge in [-0.05, 0) is 11.4 Å². The first-order valence-electron chi connectivity index (χ1n) is 2.03. The average Bonchev–Trinajstić information content (AvgIpc) is 2.19. The first-order valence-corrected chi connectivity index (χ1v) is 3.72. The van der Waals surface area contributed by atoms with Crippen LogP contribution in [0.4, 0.5) is 0 Å². The van der Waals surface area contributed by atoms with Crippen molar-refractivity contribution >= 4 is 23.1 Å². The largest absolute Gasteiger partial charge is 0.185 e. The van der Waals surface area contributed by atoms with Crippen molar-refractivity contribution in [2.75, 3.05) is 0 Å². The molecule has 3 heteroatoms. The molecule has 0 aliphatic carbocycles. The lowest BCUT2D eigenvalue weighted by atomic mass is 10.7. The molecule has 0 aromatic carbocycles. The molecule has 0 aliphatic heterocycles. The average molecular weight is 141 g/mol. The fourth-order valence-corrected chi connectivity index (χ4v) is 1.52. The molecule has 1 aromatic rings. The van der Waals surface area contributed by atoms with E-state index in [1.54, 1.807) is 11.3 Å². The van der Waals surface area contributed by atoms with Crippen molar-refractivity contribution < 1.29 is 0 Å². The molecule has 0 radical (unpaired) electrons. The summed E-state index contributed by atoms with van der Waals surface area (Å²) in [5.41, 5.74) is 0. The Hall–Kier alpha value is -0.460. The van der Waals surface area contributed by atoms with Crippen LogP contribution < -0.4 is 0 Å². The number of thiophene rings is 1. The van der Waals surface area contributed by atoms with Gasteiger partial charge in [-0.2, -0.15) is 5.26 Å². The van der Waals surface area contributed by atoms with Crippen molar-refractivity contribution in [1.82, 2.24) is 0 Å². The first-order chi connectivity index (χ1) is 3.93. The summed E-state index contributed by atoms with van der Waals surface area (Å²) in [6.07, 6.45) is 0. The lowest BCUT2D eigenvalue weighted by molar-refractivity contribution is 1.56. The van der Waals surface area contributed by atoms with E-state index in [1.807, 2.05) is 22.9 Å². The van der Waals surface area contributed by atoms with E-state index in [0.29, 0.717) is 0 Å². The summed E-state index contributed by atoms with van der Waals surface area (Å²) in [7, 11) is 0. The van der Waals surface area contributed by atoms with Gasteiger partial charge in [0.05, 0.1) is 4.21 Å². The van der Waals surface area contributed by atoms with Crippen LogP contribution in [0.25, 0.3) is 0 Å². The maximum atomic E-state index is 8.16. The smallest absolute Gasteiger partial charge is 0.139 e. The fraction of sp³-hybridized carbons (Fsp3) is 0. The molecular weight excluding hydrogens is 138 g/mol. The van der Waals surface area contributed by atoms with Crippen molar-refractivity contribution in [3.8, 4) is 5.40 Å². The molecule has 1 rings (SSSR count). The minimum atomic E-state index is 1.06. The third-order valence-corrected chi connectivity index (χ3v) is 2.27. The van der Waals surface area contributed by atoms with Crippen LogP contribution in [-0.2, 0) is 0 Å². The van der Waals surface area contributed by atoms with Crippen molar-refractivity contribution in [3.63, 3.8) is 0 Å². The van der Waals surface area contributed by atoms with Crippen LogP contribution in [-0.4, -0.2) is 0 Å². The van der Waals surface area contributed by atoms with Crippen molar-refractivity contribution in [3.05, 3.63) is 17.5 Å². The fourth-order valence-electron chi connectivity index (χ4n) is 0.367. The van der Waals surface area contributed by atoms with Gasteiger partial charge in [-0.1, -0.05) is 6.07 Å². The maximum Gasteiger partial charge on any atom is 0.139 e. The number of nitriles is 1. The molecule has 1 nitrogen and oxygen atoms in total. The highest BCUT2D eigenvalue weighted by Gasteiger charge is 1.88.